The Morgan fingerprint density at radius 1 is 1.59 bits per heavy atom. The summed E-state index contributed by atoms with van der Waals surface area (Å²) in [6, 6.07) is 2.19. The molecule has 0 amide bonds. The largest absolute Gasteiger partial charge is 0.378 e. The molecule has 1 saturated heterocycles. The van der Waals surface area contributed by atoms with E-state index in [0.29, 0.717) is 11.7 Å². The minimum atomic E-state index is 0.385. The van der Waals surface area contributed by atoms with Crippen LogP contribution in [0, 0.1) is 18.3 Å². The van der Waals surface area contributed by atoms with Gasteiger partial charge in [0.2, 0.25) is 0 Å². The zero-order valence-corrected chi connectivity index (χ0v) is 10.8. The predicted octanol–water partition coefficient (Wildman–Crippen LogP) is 2.69. The summed E-state index contributed by atoms with van der Waals surface area (Å²) in [7, 11) is 0. The Bertz CT molecular complexity index is 404. The Kier molecular flexibility index (Phi) is 4.35. The van der Waals surface area contributed by atoms with Crippen LogP contribution in [0.4, 0.5) is 5.00 Å². The third kappa shape index (κ3) is 3.18. The molecule has 92 valence electrons. The van der Waals surface area contributed by atoms with E-state index in [9.17, 15) is 0 Å². The summed E-state index contributed by atoms with van der Waals surface area (Å²) in [5.41, 5.74) is 1.49. The van der Waals surface area contributed by atoms with Crippen molar-refractivity contribution in [2.75, 3.05) is 18.5 Å². The van der Waals surface area contributed by atoms with Gasteiger partial charge in [0, 0.05) is 13.2 Å². The molecule has 0 bridgehead atoms. The summed E-state index contributed by atoms with van der Waals surface area (Å²) in [5.74, 6) is 0. The molecule has 1 aromatic rings. The maximum absolute atomic E-state index is 8.99. The van der Waals surface area contributed by atoms with Gasteiger partial charge in [-0.2, -0.15) is 9.64 Å². The van der Waals surface area contributed by atoms with E-state index in [1.165, 1.54) is 24.4 Å². The molecule has 1 aliphatic heterocycles. The van der Waals surface area contributed by atoms with Gasteiger partial charge in [-0.15, -0.1) is 0 Å². The molecule has 5 heteroatoms. The molecule has 0 saturated carbocycles. The number of aryl methyl sites for hydroxylation is 1. The summed E-state index contributed by atoms with van der Waals surface area (Å²) < 4.78 is 9.84. The zero-order valence-electron chi connectivity index (χ0n) is 10.0. The van der Waals surface area contributed by atoms with Crippen LogP contribution in [-0.4, -0.2) is 23.6 Å². The van der Waals surface area contributed by atoms with Gasteiger partial charge in [0.1, 0.15) is 16.6 Å². The molecule has 1 aromatic heterocycles. The van der Waals surface area contributed by atoms with Crippen LogP contribution in [0.3, 0.4) is 0 Å². The van der Waals surface area contributed by atoms with Crippen molar-refractivity contribution in [1.82, 2.24) is 4.37 Å². The summed E-state index contributed by atoms with van der Waals surface area (Å²) in [6.45, 7) is 3.61. The molecule has 1 aliphatic rings. The molecule has 1 fully saturated rings. The third-order valence-electron chi connectivity index (χ3n) is 3.00. The standard InChI is InChI=1S/C12H17N3OS/c1-9-11(8-13)12(17-15-9)14-6-5-10-4-2-3-7-16-10/h10,14H,2-7H2,1H3. The monoisotopic (exact) mass is 251 g/mol. The first kappa shape index (κ1) is 12.3. The Morgan fingerprint density at radius 3 is 3.18 bits per heavy atom. The van der Waals surface area contributed by atoms with Gasteiger partial charge in [-0.25, -0.2) is 0 Å². The van der Waals surface area contributed by atoms with Gasteiger partial charge in [-0.3, -0.25) is 0 Å². The van der Waals surface area contributed by atoms with Crippen LogP contribution in [0.2, 0.25) is 0 Å². The van der Waals surface area contributed by atoms with E-state index < -0.39 is 0 Å². The number of nitrogens with zero attached hydrogens (tertiary/aromatic N) is 2. The first-order chi connectivity index (χ1) is 8.31. The summed E-state index contributed by atoms with van der Waals surface area (Å²) >= 11 is 1.36. The van der Waals surface area contributed by atoms with E-state index >= 15 is 0 Å². The van der Waals surface area contributed by atoms with E-state index in [-0.39, 0.29) is 0 Å². The van der Waals surface area contributed by atoms with Crippen LogP contribution < -0.4 is 5.32 Å². The number of aromatic nitrogens is 1. The van der Waals surface area contributed by atoms with Crippen LogP contribution in [0.25, 0.3) is 0 Å². The molecular formula is C12H17N3OS. The minimum Gasteiger partial charge on any atom is -0.378 e. The highest BCUT2D eigenvalue weighted by atomic mass is 32.1. The van der Waals surface area contributed by atoms with Crippen molar-refractivity contribution in [3.63, 3.8) is 0 Å². The highest BCUT2D eigenvalue weighted by Gasteiger charge is 2.14. The molecule has 4 nitrogen and oxygen atoms in total. The second-order valence-corrected chi connectivity index (χ2v) is 5.06. The molecule has 0 aliphatic carbocycles. The average molecular weight is 251 g/mol. The lowest BCUT2D eigenvalue weighted by Crippen LogP contribution is -2.21. The van der Waals surface area contributed by atoms with Crippen molar-refractivity contribution in [3.05, 3.63) is 11.3 Å². The van der Waals surface area contributed by atoms with Crippen molar-refractivity contribution in [1.29, 1.82) is 5.26 Å². The van der Waals surface area contributed by atoms with Crippen molar-refractivity contribution in [2.24, 2.45) is 0 Å². The van der Waals surface area contributed by atoms with Crippen LogP contribution in [0.15, 0.2) is 0 Å². The van der Waals surface area contributed by atoms with E-state index in [2.05, 4.69) is 15.8 Å². The van der Waals surface area contributed by atoms with Crippen LogP contribution in [0.5, 0.6) is 0 Å². The first-order valence-electron chi connectivity index (χ1n) is 6.03. The second-order valence-electron chi connectivity index (χ2n) is 4.29. The van der Waals surface area contributed by atoms with Crippen molar-refractivity contribution in [2.45, 2.75) is 38.7 Å². The highest BCUT2D eigenvalue weighted by Crippen LogP contribution is 2.23. The van der Waals surface area contributed by atoms with Crippen molar-refractivity contribution >= 4 is 16.5 Å². The zero-order chi connectivity index (χ0) is 12.1. The number of nitriles is 1. The molecule has 17 heavy (non-hydrogen) atoms. The Morgan fingerprint density at radius 2 is 2.47 bits per heavy atom. The number of anilines is 1. The fourth-order valence-corrected chi connectivity index (χ4v) is 2.77. The maximum atomic E-state index is 8.99. The van der Waals surface area contributed by atoms with Gasteiger partial charge in [-0.05, 0) is 44.1 Å². The van der Waals surface area contributed by atoms with E-state index in [1.807, 2.05) is 6.92 Å². The summed E-state index contributed by atoms with van der Waals surface area (Å²) in [5, 5.41) is 13.2. The van der Waals surface area contributed by atoms with Gasteiger partial charge >= 0.3 is 0 Å². The van der Waals surface area contributed by atoms with Gasteiger partial charge < -0.3 is 10.1 Å². The topological polar surface area (TPSA) is 57.9 Å². The number of hydrogen-bond donors (Lipinski definition) is 1. The van der Waals surface area contributed by atoms with E-state index in [4.69, 9.17) is 10.00 Å². The van der Waals surface area contributed by atoms with Gasteiger partial charge in [0.25, 0.3) is 0 Å². The van der Waals surface area contributed by atoms with E-state index in [1.54, 1.807) is 0 Å². The smallest absolute Gasteiger partial charge is 0.127 e. The Balaban J connectivity index is 1.79. The molecule has 0 aromatic carbocycles. The van der Waals surface area contributed by atoms with Crippen LogP contribution >= 0.6 is 11.5 Å². The average Bonchev–Trinajstić information content (AvgIpc) is 2.71. The number of ether oxygens (including phenoxy) is 1. The lowest BCUT2D eigenvalue weighted by Gasteiger charge is -2.22. The van der Waals surface area contributed by atoms with Crippen molar-refractivity contribution < 1.29 is 4.74 Å². The van der Waals surface area contributed by atoms with Crippen LogP contribution in [0.1, 0.15) is 36.9 Å². The molecule has 1 unspecified atom stereocenters. The quantitative estimate of drug-likeness (QED) is 0.894. The summed E-state index contributed by atoms with van der Waals surface area (Å²) in [4.78, 5) is 0. The molecule has 1 atom stereocenters. The fraction of sp³-hybridized carbons (Fsp3) is 0.667. The number of rotatable bonds is 4. The third-order valence-corrected chi connectivity index (χ3v) is 3.90. The van der Waals surface area contributed by atoms with Gasteiger partial charge in [-0.1, -0.05) is 0 Å². The number of hydrogen-bond acceptors (Lipinski definition) is 5. The molecule has 1 N–H and O–H groups in total. The van der Waals surface area contributed by atoms with Crippen molar-refractivity contribution in [3.8, 4) is 6.07 Å². The lowest BCUT2D eigenvalue weighted by molar-refractivity contribution is 0.0134. The highest BCUT2D eigenvalue weighted by molar-refractivity contribution is 7.10. The molecule has 0 spiro atoms. The molecule has 2 heterocycles. The minimum absolute atomic E-state index is 0.385. The molecule has 0 radical (unpaired) electrons. The van der Waals surface area contributed by atoms with E-state index in [0.717, 1.165) is 36.7 Å². The fourth-order valence-electron chi connectivity index (χ4n) is 2.00. The first-order valence-corrected chi connectivity index (χ1v) is 6.80. The molecule has 2 rings (SSSR count). The van der Waals surface area contributed by atoms with Crippen LogP contribution in [-0.2, 0) is 4.74 Å². The normalized spacial score (nSPS) is 19.9. The number of nitrogens with one attached hydrogen (secondary N) is 1. The molecular weight excluding hydrogens is 234 g/mol. The Labute approximate surface area is 106 Å². The SMILES string of the molecule is Cc1nsc(NCCC2CCCCO2)c1C#N. The second kappa shape index (κ2) is 5.99. The Hall–Kier alpha value is -1.12. The maximum Gasteiger partial charge on any atom is 0.127 e. The summed E-state index contributed by atoms with van der Waals surface area (Å²) in [6.07, 6.45) is 5.01. The predicted molar refractivity (Wildman–Crippen MR) is 68.3 cm³/mol. The van der Waals surface area contributed by atoms with Gasteiger partial charge in [0.05, 0.1) is 11.8 Å². The lowest BCUT2D eigenvalue weighted by atomic mass is 10.1. The van der Waals surface area contributed by atoms with Gasteiger partial charge in [0.15, 0.2) is 0 Å².